The molecular formula is C15H28. The van der Waals surface area contributed by atoms with Gasteiger partial charge in [-0.2, -0.15) is 0 Å². The van der Waals surface area contributed by atoms with Crippen LogP contribution in [0.2, 0.25) is 0 Å². The first kappa shape index (κ1) is 11.5. The smallest absolute Gasteiger partial charge is 0.0238 e. The zero-order valence-electron chi connectivity index (χ0n) is 11.5. The first-order valence-electron chi connectivity index (χ1n) is 6.74. The van der Waals surface area contributed by atoms with Gasteiger partial charge in [0, 0.05) is 0 Å². The van der Waals surface area contributed by atoms with E-state index in [9.17, 15) is 0 Å². The summed E-state index contributed by atoms with van der Waals surface area (Å²) in [5.74, 6) is 1.77. The zero-order valence-corrected chi connectivity index (χ0v) is 11.5. The van der Waals surface area contributed by atoms with Crippen molar-refractivity contribution in [3.8, 4) is 0 Å². The Morgan fingerprint density at radius 2 is 1.60 bits per heavy atom. The van der Waals surface area contributed by atoms with Gasteiger partial charge in [-0.15, -0.1) is 0 Å². The fourth-order valence-electron chi connectivity index (χ4n) is 3.80. The van der Waals surface area contributed by atoms with Crippen LogP contribution in [0.25, 0.3) is 0 Å². The molecule has 88 valence electrons. The van der Waals surface area contributed by atoms with Crippen LogP contribution in [0.4, 0.5) is 0 Å². The lowest BCUT2D eigenvalue weighted by molar-refractivity contribution is -0.106. The van der Waals surface area contributed by atoms with Crippen molar-refractivity contribution in [2.45, 2.75) is 67.2 Å². The van der Waals surface area contributed by atoms with Gasteiger partial charge in [0.15, 0.2) is 0 Å². The van der Waals surface area contributed by atoms with Crippen LogP contribution in [0.3, 0.4) is 0 Å². The van der Waals surface area contributed by atoms with Crippen LogP contribution >= 0.6 is 0 Å². The number of hydrogen-bond acceptors (Lipinski definition) is 0. The van der Waals surface area contributed by atoms with Crippen molar-refractivity contribution in [2.75, 3.05) is 0 Å². The summed E-state index contributed by atoms with van der Waals surface area (Å²) in [6.45, 7) is 14.9. The lowest BCUT2D eigenvalue weighted by Gasteiger charge is -2.59. The maximum atomic E-state index is 2.57. The molecule has 2 aliphatic carbocycles. The van der Waals surface area contributed by atoms with Crippen molar-refractivity contribution in [3.05, 3.63) is 0 Å². The molecule has 0 aliphatic heterocycles. The summed E-state index contributed by atoms with van der Waals surface area (Å²) < 4.78 is 0. The lowest BCUT2D eigenvalue weighted by Crippen LogP contribution is -2.52. The molecular weight excluding hydrogens is 180 g/mol. The number of hydrogen-bond donors (Lipinski definition) is 0. The molecule has 2 unspecified atom stereocenters. The maximum absolute atomic E-state index is 2.57. The molecule has 2 saturated carbocycles. The first-order chi connectivity index (χ1) is 6.74. The Labute approximate surface area is 95.8 Å². The normalized spacial score (nSPS) is 39.0. The molecule has 0 N–H and O–H groups in total. The molecule has 0 heteroatoms. The standard InChI is InChI=1S/C15H28/c1-11(2)13(3,4)12-7-8-15(12,6)14(5)9-10-14/h11-12H,7-10H2,1-6H3. The first-order valence-corrected chi connectivity index (χ1v) is 6.74. The highest BCUT2D eigenvalue weighted by Crippen LogP contribution is 2.72. The monoisotopic (exact) mass is 208 g/mol. The van der Waals surface area contributed by atoms with E-state index >= 15 is 0 Å². The predicted octanol–water partition coefficient (Wildman–Crippen LogP) is 4.89. The molecule has 0 saturated heterocycles. The summed E-state index contributed by atoms with van der Waals surface area (Å²) in [5, 5.41) is 0. The van der Waals surface area contributed by atoms with E-state index in [1.54, 1.807) is 0 Å². The van der Waals surface area contributed by atoms with Crippen molar-refractivity contribution in [1.29, 1.82) is 0 Å². The minimum absolute atomic E-state index is 0.526. The van der Waals surface area contributed by atoms with Crippen LogP contribution in [-0.2, 0) is 0 Å². The van der Waals surface area contributed by atoms with Crippen LogP contribution in [0.5, 0.6) is 0 Å². The van der Waals surface area contributed by atoms with Gasteiger partial charge in [-0.3, -0.25) is 0 Å². The van der Waals surface area contributed by atoms with E-state index in [2.05, 4.69) is 41.5 Å². The van der Waals surface area contributed by atoms with E-state index in [1.807, 2.05) is 0 Å². The van der Waals surface area contributed by atoms with E-state index in [0.29, 0.717) is 16.2 Å². The second kappa shape index (κ2) is 3.02. The second-order valence-corrected chi connectivity index (χ2v) is 7.55. The van der Waals surface area contributed by atoms with Gasteiger partial charge < -0.3 is 0 Å². The minimum atomic E-state index is 0.526. The molecule has 0 spiro atoms. The summed E-state index contributed by atoms with van der Waals surface area (Å²) in [6, 6.07) is 0. The summed E-state index contributed by atoms with van der Waals surface area (Å²) in [7, 11) is 0. The predicted molar refractivity (Wildman–Crippen MR) is 66.8 cm³/mol. The third kappa shape index (κ3) is 1.40. The van der Waals surface area contributed by atoms with Gasteiger partial charge in [-0.1, -0.05) is 41.5 Å². The third-order valence-corrected chi connectivity index (χ3v) is 6.49. The Kier molecular flexibility index (Phi) is 2.31. The SMILES string of the molecule is CC(C)C(C)(C)C1CCC1(C)C1(C)CC1. The molecule has 0 aromatic heterocycles. The van der Waals surface area contributed by atoms with Gasteiger partial charge in [0.25, 0.3) is 0 Å². The number of rotatable bonds is 3. The Hall–Kier alpha value is 0. The van der Waals surface area contributed by atoms with Gasteiger partial charge in [0.05, 0.1) is 0 Å². The van der Waals surface area contributed by atoms with Crippen molar-refractivity contribution in [1.82, 2.24) is 0 Å². The minimum Gasteiger partial charge on any atom is -0.0623 e. The van der Waals surface area contributed by atoms with Crippen molar-refractivity contribution in [2.24, 2.45) is 28.1 Å². The van der Waals surface area contributed by atoms with E-state index in [0.717, 1.165) is 11.8 Å². The van der Waals surface area contributed by atoms with Gasteiger partial charge in [0.2, 0.25) is 0 Å². The second-order valence-electron chi connectivity index (χ2n) is 7.55. The average molecular weight is 208 g/mol. The summed E-state index contributed by atoms with van der Waals surface area (Å²) in [5.41, 5.74) is 1.88. The highest BCUT2D eigenvalue weighted by atomic mass is 14.7. The van der Waals surface area contributed by atoms with Crippen LogP contribution in [0, 0.1) is 28.1 Å². The summed E-state index contributed by atoms with van der Waals surface area (Å²) in [6.07, 6.45) is 5.91. The molecule has 0 aromatic carbocycles. The zero-order chi connectivity index (χ0) is 11.5. The largest absolute Gasteiger partial charge is 0.0623 e. The van der Waals surface area contributed by atoms with Crippen molar-refractivity contribution in [3.63, 3.8) is 0 Å². The van der Waals surface area contributed by atoms with Gasteiger partial charge in [-0.25, -0.2) is 0 Å². The van der Waals surface area contributed by atoms with E-state index in [4.69, 9.17) is 0 Å². The quantitative estimate of drug-likeness (QED) is 0.620. The molecule has 2 fully saturated rings. The highest BCUT2D eigenvalue weighted by molar-refractivity contribution is 5.12. The fraction of sp³-hybridized carbons (Fsp3) is 1.00. The molecule has 2 aliphatic rings. The van der Waals surface area contributed by atoms with Gasteiger partial charge >= 0.3 is 0 Å². The highest BCUT2D eigenvalue weighted by Gasteiger charge is 2.63. The topological polar surface area (TPSA) is 0 Å². The molecule has 0 bridgehead atoms. The molecule has 0 radical (unpaired) electrons. The van der Waals surface area contributed by atoms with E-state index in [-0.39, 0.29) is 0 Å². The molecule has 0 heterocycles. The van der Waals surface area contributed by atoms with Crippen LogP contribution in [0.1, 0.15) is 67.2 Å². The molecule has 2 rings (SSSR count). The maximum Gasteiger partial charge on any atom is -0.0238 e. The Balaban J connectivity index is 2.18. The average Bonchev–Trinajstić information content (AvgIpc) is 2.80. The fourth-order valence-corrected chi connectivity index (χ4v) is 3.80. The Bertz CT molecular complexity index is 257. The van der Waals surface area contributed by atoms with Crippen LogP contribution < -0.4 is 0 Å². The third-order valence-electron chi connectivity index (χ3n) is 6.49. The Morgan fingerprint density at radius 1 is 1.07 bits per heavy atom. The molecule has 0 amide bonds. The summed E-state index contributed by atoms with van der Waals surface area (Å²) in [4.78, 5) is 0. The Morgan fingerprint density at radius 3 is 1.87 bits per heavy atom. The molecule has 2 atom stereocenters. The molecule has 0 nitrogen and oxygen atoms in total. The van der Waals surface area contributed by atoms with Gasteiger partial charge in [-0.05, 0) is 53.8 Å². The van der Waals surface area contributed by atoms with Crippen LogP contribution in [-0.4, -0.2) is 0 Å². The molecule has 15 heavy (non-hydrogen) atoms. The summed E-state index contributed by atoms with van der Waals surface area (Å²) >= 11 is 0. The van der Waals surface area contributed by atoms with Crippen molar-refractivity contribution < 1.29 is 0 Å². The van der Waals surface area contributed by atoms with E-state index in [1.165, 1.54) is 25.7 Å². The van der Waals surface area contributed by atoms with Crippen LogP contribution in [0.15, 0.2) is 0 Å². The van der Waals surface area contributed by atoms with E-state index < -0.39 is 0 Å². The van der Waals surface area contributed by atoms with Crippen molar-refractivity contribution >= 4 is 0 Å². The lowest BCUT2D eigenvalue weighted by atomic mass is 9.45. The molecule has 0 aromatic rings. The van der Waals surface area contributed by atoms with Gasteiger partial charge in [0.1, 0.15) is 0 Å².